The Morgan fingerprint density at radius 2 is 1.82 bits per heavy atom. The molecule has 7 heteroatoms. The molecule has 1 unspecified atom stereocenters. The highest BCUT2D eigenvalue weighted by atomic mass is 35.5. The third-order valence-corrected chi connectivity index (χ3v) is 3.28. The number of anilines is 1. The number of hydrogen-bond donors (Lipinski definition) is 3. The van der Waals surface area contributed by atoms with E-state index < -0.39 is 18.0 Å². The molecule has 22 heavy (non-hydrogen) atoms. The lowest BCUT2D eigenvalue weighted by atomic mass is 10.1. The monoisotopic (exact) mass is 342 g/mol. The van der Waals surface area contributed by atoms with E-state index in [1.807, 2.05) is 0 Å². The Labute approximate surface area is 136 Å². The average Bonchev–Trinajstić information content (AvgIpc) is 2.44. The van der Waals surface area contributed by atoms with Crippen molar-refractivity contribution < 1.29 is 14.3 Å². The van der Waals surface area contributed by atoms with Gasteiger partial charge in [0.05, 0.1) is 6.10 Å². The normalized spacial score (nSPS) is 11.8. The molecule has 0 aliphatic heterocycles. The average molecular weight is 343 g/mol. The number of aliphatic hydroxyl groups excluding tert-OH is 1. The maximum atomic E-state index is 13.5. The molecule has 0 fully saturated rings. The van der Waals surface area contributed by atoms with Gasteiger partial charge in [-0.3, -0.25) is 0 Å². The molecule has 2 rings (SSSR count). The van der Waals surface area contributed by atoms with Crippen molar-refractivity contribution in [3.8, 4) is 0 Å². The molecule has 0 saturated carbocycles. The Hall–Kier alpha value is -1.82. The number of urea groups is 1. The van der Waals surface area contributed by atoms with Crippen LogP contribution in [0.1, 0.15) is 11.7 Å². The van der Waals surface area contributed by atoms with E-state index in [4.69, 9.17) is 23.2 Å². The summed E-state index contributed by atoms with van der Waals surface area (Å²) in [5, 5.41) is 15.6. The smallest absolute Gasteiger partial charge is 0.319 e. The van der Waals surface area contributed by atoms with E-state index >= 15 is 0 Å². The number of hydrogen-bond acceptors (Lipinski definition) is 2. The summed E-state index contributed by atoms with van der Waals surface area (Å²) in [6, 6.07) is 9.86. The standard InChI is InChI=1S/C15H13Cl2FN2O2/c16-9-5-10(17)7-11(6-9)20-15(22)19-8-14(21)12-3-1-2-4-13(12)18/h1-7,14,21H,8H2,(H2,19,20,22). The van der Waals surface area contributed by atoms with E-state index in [9.17, 15) is 14.3 Å². The van der Waals surface area contributed by atoms with Crippen molar-refractivity contribution in [2.45, 2.75) is 6.10 Å². The lowest BCUT2D eigenvalue weighted by Gasteiger charge is -2.13. The summed E-state index contributed by atoms with van der Waals surface area (Å²) in [5.41, 5.74) is 0.531. The highest BCUT2D eigenvalue weighted by molar-refractivity contribution is 6.35. The Bertz CT molecular complexity index is 662. The molecule has 0 heterocycles. The van der Waals surface area contributed by atoms with Crippen LogP contribution in [0.15, 0.2) is 42.5 Å². The fraction of sp³-hybridized carbons (Fsp3) is 0.133. The van der Waals surface area contributed by atoms with Gasteiger partial charge in [0, 0.05) is 27.8 Å². The Kier molecular flexibility index (Phi) is 5.60. The zero-order valence-electron chi connectivity index (χ0n) is 11.3. The van der Waals surface area contributed by atoms with Gasteiger partial charge in [-0.15, -0.1) is 0 Å². The largest absolute Gasteiger partial charge is 0.386 e. The summed E-state index contributed by atoms with van der Waals surface area (Å²) >= 11 is 11.6. The number of carbonyl (C=O) groups excluding carboxylic acids is 1. The Morgan fingerprint density at radius 3 is 2.45 bits per heavy atom. The van der Waals surface area contributed by atoms with E-state index in [-0.39, 0.29) is 12.1 Å². The van der Waals surface area contributed by atoms with Crippen molar-refractivity contribution in [1.82, 2.24) is 5.32 Å². The van der Waals surface area contributed by atoms with Gasteiger partial charge in [-0.1, -0.05) is 41.4 Å². The fourth-order valence-corrected chi connectivity index (χ4v) is 2.37. The third-order valence-electron chi connectivity index (χ3n) is 2.84. The van der Waals surface area contributed by atoms with E-state index in [2.05, 4.69) is 10.6 Å². The van der Waals surface area contributed by atoms with Crippen LogP contribution >= 0.6 is 23.2 Å². The predicted molar refractivity (Wildman–Crippen MR) is 84.8 cm³/mol. The van der Waals surface area contributed by atoms with Crippen LogP contribution in [0.2, 0.25) is 10.0 Å². The number of halogens is 3. The van der Waals surface area contributed by atoms with Gasteiger partial charge in [0.1, 0.15) is 5.82 Å². The molecular weight excluding hydrogens is 330 g/mol. The maximum absolute atomic E-state index is 13.5. The first-order valence-electron chi connectivity index (χ1n) is 6.39. The minimum Gasteiger partial charge on any atom is -0.386 e. The third kappa shape index (κ3) is 4.59. The predicted octanol–water partition coefficient (Wildman–Crippen LogP) is 3.99. The first-order chi connectivity index (χ1) is 10.5. The van der Waals surface area contributed by atoms with E-state index in [1.54, 1.807) is 6.07 Å². The molecule has 2 aromatic rings. The number of nitrogens with one attached hydrogen (secondary N) is 2. The molecule has 0 saturated heterocycles. The first kappa shape index (κ1) is 16.5. The van der Waals surface area contributed by atoms with Gasteiger partial charge in [-0.25, -0.2) is 9.18 Å². The topological polar surface area (TPSA) is 61.4 Å². The quantitative estimate of drug-likeness (QED) is 0.786. The van der Waals surface area contributed by atoms with E-state index in [1.165, 1.54) is 36.4 Å². The number of aliphatic hydroxyl groups is 1. The van der Waals surface area contributed by atoms with Crippen LogP contribution in [0.5, 0.6) is 0 Å². The molecule has 2 amide bonds. The second-order valence-electron chi connectivity index (χ2n) is 4.53. The lowest BCUT2D eigenvalue weighted by molar-refractivity contribution is 0.170. The van der Waals surface area contributed by atoms with Gasteiger partial charge in [-0.2, -0.15) is 0 Å². The van der Waals surface area contributed by atoms with Crippen LogP contribution in [-0.2, 0) is 0 Å². The molecule has 0 bridgehead atoms. The molecule has 4 nitrogen and oxygen atoms in total. The second kappa shape index (κ2) is 7.45. The highest BCUT2D eigenvalue weighted by Crippen LogP contribution is 2.22. The van der Waals surface area contributed by atoms with Gasteiger partial charge in [0.2, 0.25) is 0 Å². The van der Waals surface area contributed by atoms with Crippen molar-refractivity contribution in [3.05, 3.63) is 63.9 Å². The fourth-order valence-electron chi connectivity index (χ4n) is 1.85. The number of amides is 2. The summed E-state index contributed by atoms with van der Waals surface area (Å²) < 4.78 is 13.5. The lowest BCUT2D eigenvalue weighted by Crippen LogP contribution is -2.32. The Balaban J connectivity index is 1.91. The highest BCUT2D eigenvalue weighted by Gasteiger charge is 2.13. The molecule has 0 aliphatic rings. The molecule has 0 aliphatic carbocycles. The molecule has 2 aromatic carbocycles. The van der Waals surface area contributed by atoms with Gasteiger partial charge >= 0.3 is 6.03 Å². The van der Waals surface area contributed by atoms with E-state index in [0.29, 0.717) is 15.7 Å². The SMILES string of the molecule is O=C(NCC(O)c1ccccc1F)Nc1cc(Cl)cc(Cl)c1. The van der Waals surface area contributed by atoms with E-state index in [0.717, 1.165) is 0 Å². The van der Waals surface area contributed by atoms with Crippen LogP contribution in [-0.4, -0.2) is 17.7 Å². The molecule has 116 valence electrons. The van der Waals surface area contributed by atoms with Crippen LogP contribution in [0.4, 0.5) is 14.9 Å². The van der Waals surface area contributed by atoms with Crippen molar-refractivity contribution in [1.29, 1.82) is 0 Å². The van der Waals surface area contributed by atoms with Crippen molar-refractivity contribution in [3.63, 3.8) is 0 Å². The number of carbonyl (C=O) groups is 1. The van der Waals surface area contributed by atoms with Gasteiger partial charge in [0.15, 0.2) is 0 Å². The summed E-state index contributed by atoms with van der Waals surface area (Å²) in [6.07, 6.45) is -1.14. The molecule has 1 atom stereocenters. The van der Waals surface area contributed by atoms with Crippen molar-refractivity contribution in [2.75, 3.05) is 11.9 Å². The Morgan fingerprint density at radius 1 is 1.18 bits per heavy atom. The maximum Gasteiger partial charge on any atom is 0.319 e. The first-order valence-corrected chi connectivity index (χ1v) is 7.15. The number of rotatable bonds is 4. The van der Waals surface area contributed by atoms with Gasteiger partial charge in [0.25, 0.3) is 0 Å². The zero-order chi connectivity index (χ0) is 16.1. The summed E-state index contributed by atoms with van der Waals surface area (Å²) in [6.45, 7) is -0.138. The van der Waals surface area contributed by atoms with Crippen LogP contribution in [0.3, 0.4) is 0 Å². The molecular formula is C15H13Cl2FN2O2. The summed E-state index contributed by atoms with van der Waals surface area (Å²) in [5.74, 6) is -0.529. The van der Waals surface area contributed by atoms with Gasteiger partial charge in [-0.05, 0) is 24.3 Å². The van der Waals surface area contributed by atoms with Crippen molar-refractivity contribution in [2.24, 2.45) is 0 Å². The molecule has 0 radical (unpaired) electrons. The van der Waals surface area contributed by atoms with Crippen LogP contribution in [0, 0.1) is 5.82 Å². The molecule has 0 spiro atoms. The number of benzene rings is 2. The van der Waals surface area contributed by atoms with Crippen LogP contribution in [0.25, 0.3) is 0 Å². The molecule has 3 N–H and O–H groups in total. The second-order valence-corrected chi connectivity index (χ2v) is 5.40. The summed E-state index contributed by atoms with van der Waals surface area (Å²) in [4.78, 5) is 11.7. The minimum atomic E-state index is -1.14. The minimum absolute atomic E-state index is 0.119. The van der Waals surface area contributed by atoms with Crippen LogP contribution < -0.4 is 10.6 Å². The zero-order valence-corrected chi connectivity index (χ0v) is 12.8. The van der Waals surface area contributed by atoms with Crippen molar-refractivity contribution >= 4 is 34.9 Å². The van der Waals surface area contributed by atoms with Gasteiger partial charge < -0.3 is 15.7 Å². The summed E-state index contributed by atoms with van der Waals surface area (Å²) in [7, 11) is 0. The molecule has 0 aromatic heterocycles.